The number of rotatable bonds is 6. The summed E-state index contributed by atoms with van der Waals surface area (Å²) in [4.78, 5) is 11.4. The van der Waals surface area contributed by atoms with Gasteiger partial charge in [0.15, 0.2) is 0 Å². The van der Waals surface area contributed by atoms with E-state index >= 15 is 0 Å². The molecule has 0 fully saturated rings. The molecule has 1 heterocycles. The normalized spacial score (nSPS) is 10.7. The van der Waals surface area contributed by atoms with Crippen LogP contribution < -0.4 is 11.1 Å². The minimum absolute atomic E-state index is 0.0642. The van der Waals surface area contributed by atoms with Crippen molar-refractivity contribution in [2.24, 2.45) is 5.73 Å². The molecule has 1 aromatic heterocycles. The van der Waals surface area contributed by atoms with Gasteiger partial charge in [-0.05, 0) is 38.5 Å². The first kappa shape index (κ1) is 16.0. The highest BCUT2D eigenvalue weighted by Crippen LogP contribution is 2.18. The van der Waals surface area contributed by atoms with Gasteiger partial charge in [-0.2, -0.15) is 5.10 Å². The van der Waals surface area contributed by atoms with Gasteiger partial charge >= 0.3 is 0 Å². The Bertz CT molecular complexity index is 692. The lowest BCUT2D eigenvalue weighted by Gasteiger charge is -2.10. The summed E-state index contributed by atoms with van der Waals surface area (Å²) in [6.45, 7) is 6.94. The lowest BCUT2D eigenvalue weighted by Crippen LogP contribution is -2.13. The summed E-state index contributed by atoms with van der Waals surface area (Å²) >= 11 is 0. The predicted molar refractivity (Wildman–Crippen MR) is 85.8 cm³/mol. The van der Waals surface area contributed by atoms with Gasteiger partial charge in [-0.25, -0.2) is 0 Å². The summed E-state index contributed by atoms with van der Waals surface area (Å²) in [6, 6.07) is 5.56. The fourth-order valence-corrected chi connectivity index (χ4v) is 2.49. The summed E-state index contributed by atoms with van der Waals surface area (Å²) < 4.78 is 1.80. The summed E-state index contributed by atoms with van der Waals surface area (Å²) in [5.41, 5.74) is 10.7. The van der Waals surface area contributed by atoms with Crippen LogP contribution in [-0.2, 0) is 13.1 Å². The van der Waals surface area contributed by atoms with Gasteiger partial charge in [-0.1, -0.05) is 6.07 Å². The van der Waals surface area contributed by atoms with E-state index in [9.17, 15) is 4.79 Å². The van der Waals surface area contributed by atoms with E-state index in [0.29, 0.717) is 18.7 Å². The Labute approximate surface area is 129 Å². The number of aromatic nitrogens is 2. The maximum absolute atomic E-state index is 11.4. The fourth-order valence-electron chi connectivity index (χ4n) is 2.49. The zero-order chi connectivity index (χ0) is 16.3. The second-order valence-corrected chi connectivity index (χ2v) is 5.34. The number of primary amides is 1. The minimum atomic E-state index is -0.427. The summed E-state index contributed by atoms with van der Waals surface area (Å²) in [5, 5.41) is 16.8. The zero-order valence-corrected chi connectivity index (χ0v) is 13.2. The number of anilines is 1. The van der Waals surface area contributed by atoms with Gasteiger partial charge < -0.3 is 16.2 Å². The molecule has 118 valence electrons. The summed E-state index contributed by atoms with van der Waals surface area (Å²) in [6.07, 6.45) is 0. The lowest BCUT2D eigenvalue weighted by molar-refractivity contribution is 0.0999. The Balaban J connectivity index is 2.17. The third kappa shape index (κ3) is 3.28. The zero-order valence-electron chi connectivity index (χ0n) is 13.2. The molecule has 0 saturated heterocycles. The molecule has 2 aromatic rings. The highest BCUT2D eigenvalue weighted by atomic mass is 16.3. The predicted octanol–water partition coefficient (Wildman–Crippen LogP) is 1.51. The first-order valence-corrected chi connectivity index (χ1v) is 7.22. The van der Waals surface area contributed by atoms with Gasteiger partial charge in [0.2, 0.25) is 5.91 Å². The molecule has 0 bridgehead atoms. The molecule has 22 heavy (non-hydrogen) atoms. The first-order chi connectivity index (χ1) is 10.4. The Morgan fingerprint density at radius 2 is 2.09 bits per heavy atom. The van der Waals surface area contributed by atoms with Crippen LogP contribution in [0.4, 0.5) is 5.69 Å². The van der Waals surface area contributed by atoms with E-state index in [1.807, 2.05) is 32.9 Å². The molecular formula is C16H22N4O2. The molecule has 0 aliphatic rings. The van der Waals surface area contributed by atoms with Gasteiger partial charge in [0, 0.05) is 29.1 Å². The van der Waals surface area contributed by atoms with E-state index in [0.717, 1.165) is 28.2 Å². The van der Waals surface area contributed by atoms with Crippen molar-refractivity contribution in [1.29, 1.82) is 0 Å². The first-order valence-electron chi connectivity index (χ1n) is 7.22. The number of aliphatic hydroxyl groups excluding tert-OH is 1. The molecule has 6 heteroatoms. The van der Waals surface area contributed by atoms with Crippen molar-refractivity contribution in [2.45, 2.75) is 33.9 Å². The number of aliphatic hydroxyl groups is 1. The van der Waals surface area contributed by atoms with E-state index in [4.69, 9.17) is 10.8 Å². The van der Waals surface area contributed by atoms with Crippen molar-refractivity contribution in [1.82, 2.24) is 9.78 Å². The molecule has 0 spiro atoms. The molecule has 2 rings (SSSR count). The van der Waals surface area contributed by atoms with Crippen LogP contribution in [0.5, 0.6) is 0 Å². The number of nitrogens with zero attached hydrogens (tertiary/aromatic N) is 2. The van der Waals surface area contributed by atoms with Gasteiger partial charge in [0.25, 0.3) is 0 Å². The monoisotopic (exact) mass is 302 g/mol. The van der Waals surface area contributed by atoms with Gasteiger partial charge in [0.05, 0.1) is 18.8 Å². The van der Waals surface area contributed by atoms with Crippen molar-refractivity contribution in [2.75, 3.05) is 11.9 Å². The lowest BCUT2D eigenvalue weighted by atomic mass is 10.1. The third-order valence-electron chi connectivity index (χ3n) is 3.82. The SMILES string of the molecule is Cc1ccc(NCc2c(C)nn(CCO)c2C)cc1C(N)=O. The topological polar surface area (TPSA) is 93.2 Å². The highest BCUT2D eigenvalue weighted by molar-refractivity contribution is 5.95. The average molecular weight is 302 g/mol. The Hall–Kier alpha value is -2.34. The third-order valence-corrected chi connectivity index (χ3v) is 3.82. The van der Waals surface area contributed by atoms with Crippen LogP contribution >= 0.6 is 0 Å². The number of carbonyl (C=O) groups excluding carboxylic acids is 1. The molecule has 6 nitrogen and oxygen atoms in total. The van der Waals surface area contributed by atoms with Crippen molar-refractivity contribution in [3.63, 3.8) is 0 Å². The molecule has 0 unspecified atom stereocenters. The number of amides is 1. The van der Waals surface area contributed by atoms with Crippen molar-refractivity contribution < 1.29 is 9.90 Å². The maximum atomic E-state index is 11.4. The second kappa shape index (κ2) is 6.62. The molecular weight excluding hydrogens is 280 g/mol. The molecule has 1 aromatic carbocycles. The quantitative estimate of drug-likeness (QED) is 0.754. The van der Waals surface area contributed by atoms with Crippen LogP contribution in [0.2, 0.25) is 0 Å². The molecule has 0 aliphatic heterocycles. The average Bonchev–Trinajstić information content (AvgIpc) is 2.73. The number of aryl methyl sites for hydroxylation is 2. The van der Waals surface area contributed by atoms with Crippen LogP contribution in [0.25, 0.3) is 0 Å². The Morgan fingerprint density at radius 3 is 2.73 bits per heavy atom. The van der Waals surface area contributed by atoms with Crippen LogP contribution in [0.1, 0.15) is 32.9 Å². The highest BCUT2D eigenvalue weighted by Gasteiger charge is 2.11. The van der Waals surface area contributed by atoms with E-state index in [2.05, 4.69) is 10.4 Å². The fraction of sp³-hybridized carbons (Fsp3) is 0.375. The molecule has 1 amide bonds. The molecule has 0 radical (unpaired) electrons. The van der Waals surface area contributed by atoms with Crippen LogP contribution in [0, 0.1) is 20.8 Å². The van der Waals surface area contributed by atoms with Crippen LogP contribution in [0.15, 0.2) is 18.2 Å². The van der Waals surface area contributed by atoms with Gasteiger partial charge in [-0.3, -0.25) is 9.48 Å². The summed E-state index contributed by atoms with van der Waals surface area (Å²) in [7, 11) is 0. The minimum Gasteiger partial charge on any atom is -0.394 e. The Morgan fingerprint density at radius 1 is 1.36 bits per heavy atom. The standard InChI is InChI=1S/C16H22N4O2/c1-10-4-5-13(8-14(10)16(17)22)18-9-15-11(2)19-20(6-7-21)12(15)3/h4-5,8,18,21H,6-7,9H2,1-3H3,(H2,17,22). The van der Waals surface area contributed by atoms with Gasteiger partial charge in [-0.15, -0.1) is 0 Å². The van der Waals surface area contributed by atoms with Crippen molar-refractivity contribution in [3.05, 3.63) is 46.3 Å². The molecule has 0 saturated carbocycles. The van der Waals surface area contributed by atoms with Crippen molar-refractivity contribution in [3.8, 4) is 0 Å². The van der Waals surface area contributed by atoms with E-state index in [1.54, 1.807) is 10.7 Å². The number of nitrogens with one attached hydrogen (secondary N) is 1. The maximum Gasteiger partial charge on any atom is 0.249 e. The molecule has 0 atom stereocenters. The molecule has 4 N–H and O–H groups in total. The van der Waals surface area contributed by atoms with Crippen LogP contribution in [-0.4, -0.2) is 27.4 Å². The van der Waals surface area contributed by atoms with E-state index in [1.165, 1.54) is 0 Å². The van der Waals surface area contributed by atoms with E-state index < -0.39 is 5.91 Å². The largest absolute Gasteiger partial charge is 0.394 e. The number of benzene rings is 1. The smallest absolute Gasteiger partial charge is 0.249 e. The second-order valence-electron chi connectivity index (χ2n) is 5.34. The van der Waals surface area contributed by atoms with Gasteiger partial charge in [0.1, 0.15) is 0 Å². The van der Waals surface area contributed by atoms with Crippen molar-refractivity contribution >= 4 is 11.6 Å². The number of nitrogens with two attached hydrogens (primary N) is 1. The van der Waals surface area contributed by atoms with Crippen LogP contribution in [0.3, 0.4) is 0 Å². The van der Waals surface area contributed by atoms with E-state index in [-0.39, 0.29) is 6.61 Å². The summed E-state index contributed by atoms with van der Waals surface area (Å²) in [5.74, 6) is -0.427. The Kier molecular flexibility index (Phi) is 4.82. The number of hydrogen-bond donors (Lipinski definition) is 3. The number of carbonyl (C=O) groups is 1. The molecule has 0 aliphatic carbocycles. The number of hydrogen-bond acceptors (Lipinski definition) is 4.